The zero-order valence-corrected chi connectivity index (χ0v) is 20.5. The van der Waals surface area contributed by atoms with Crippen molar-refractivity contribution < 1.29 is 0 Å². The second-order valence-electron chi connectivity index (χ2n) is 8.08. The highest BCUT2D eigenvalue weighted by Gasteiger charge is 2.45. The molecule has 0 aromatic heterocycles. The van der Waals surface area contributed by atoms with Crippen molar-refractivity contribution >= 4 is 37.1 Å². The van der Waals surface area contributed by atoms with E-state index in [9.17, 15) is 0 Å². The fourth-order valence-corrected chi connectivity index (χ4v) is 9.94. The summed E-state index contributed by atoms with van der Waals surface area (Å²) in [5, 5.41) is 8.78. The summed E-state index contributed by atoms with van der Waals surface area (Å²) in [6.07, 6.45) is 4.10. The lowest BCUT2D eigenvalue weighted by atomic mass is 10.3. The Morgan fingerprint density at radius 1 is 0.529 bits per heavy atom. The van der Waals surface area contributed by atoms with Crippen LogP contribution < -0.4 is 38.0 Å². The maximum absolute atomic E-state index is 7.52. The van der Waals surface area contributed by atoms with Gasteiger partial charge >= 0.3 is 0 Å². The molecule has 168 valence electrons. The van der Waals surface area contributed by atoms with Gasteiger partial charge in [-0.15, -0.1) is 0 Å². The van der Waals surface area contributed by atoms with E-state index in [4.69, 9.17) is 11.5 Å². The largest absolute Gasteiger partial charge is 0.385 e. The van der Waals surface area contributed by atoms with Gasteiger partial charge in [0.2, 0.25) is 0 Å². The molecule has 1 heterocycles. The Kier molecular flexibility index (Phi) is 6.61. The predicted molar refractivity (Wildman–Crippen MR) is 149 cm³/mol. The van der Waals surface area contributed by atoms with Crippen LogP contribution in [0.5, 0.6) is 0 Å². The molecule has 5 heteroatoms. The van der Waals surface area contributed by atoms with E-state index in [1.807, 2.05) is 18.2 Å². The smallest absolute Gasteiger partial charge is 0.142 e. The third kappa shape index (κ3) is 4.43. The summed E-state index contributed by atoms with van der Waals surface area (Å²) in [4.78, 5) is 0. The first kappa shape index (κ1) is 22.6. The first-order valence-corrected chi connectivity index (χ1v) is 13.9. The SMILES string of the molecule is NC1=CC=C(P(c2ccccc2)c2ccccc2)C(N)(P(c2ccccc2)c2ccccc2)N1. The fourth-order valence-electron chi connectivity index (χ4n) is 4.33. The van der Waals surface area contributed by atoms with Gasteiger partial charge in [-0.25, -0.2) is 0 Å². The van der Waals surface area contributed by atoms with Crippen LogP contribution in [0.2, 0.25) is 0 Å². The number of allylic oxidation sites excluding steroid dienone is 2. The summed E-state index contributed by atoms with van der Waals surface area (Å²) in [5.41, 5.74) is 13.9. The molecule has 0 amide bonds. The molecule has 0 saturated heterocycles. The quantitative estimate of drug-likeness (QED) is 0.364. The standard InChI is InChI=1S/C29H27N3P2/c30-28-22-21-27(33(23-13-5-1-6-14-23)24-15-7-2-8-16-24)29(31,32-28)34(25-17-9-3-10-18-25)26-19-11-4-12-20-26/h1-22,32H,30-31H2. The van der Waals surface area contributed by atoms with Gasteiger partial charge in [-0.2, -0.15) is 0 Å². The summed E-state index contributed by atoms with van der Waals surface area (Å²) < 4.78 is 0. The van der Waals surface area contributed by atoms with Crippen LogP contribution in [0.1, 0.15) is 0 Å². The highest BCUT2D eigenvalue weighted by Crippen LogP contribution is 2.58. The molecule has 4 aromatic rings. The Balaban J connectivity index is 1.74. The van der Waals surface area contributed by atoms with Crippen LogP contribution in [0.25, 0.3) is 0 Å². The molecule has 0 fully saturated rings. The van der Waals surface area contributed by atoms with Crippen LogP contribution in [-0.4, -0.2) is 5.40 Å². The third-order valence-electron chi connectivity index (χ3n) is 5.80. The Morgan fingerprint density at radius 2 is 0.912 bits per heavy atom. The molecular formula is C29H27N3P2. The van der Waals surface area contributed by atoms with E-state index < -0.39 is 21.2 Å². The zero-order valence-electron chi connectivity index (χ0n) is 18.8. The first-order valence-electron chi connectivity index (χ1n) is 11.2. The van der Waals surface area contributed by atoms with Crippen LogP contribution in [0, 0.1) is 0 Å². The van der Waals surface area contributed by atoms with Crippen molar-refractivity contribution in [3.63, 3.8) is 0 Å². The number of hydrogen-bond donors (Lipinski definition) is 3. The number of benzene rings is 4. The van der Waals surface area contributed by atoms with E-state index in [1.54, 1.807) is 0 Å². The van der Waals surface area contributed by atoms with Crippen LogP contribution in [-0.2, 0) is 0 Å². The first-order chi connectivity index (χ1) is 16.7. The summed E-state index contributed by atoms with van der Waals surface area (Å²) >= 11 is 0. The van der Waals surface area contributed by atoms with Gasteiger partial charge in [0.05, 0.1) is 5.82 Å². The molecule has 0 radical (unpaired) electrons. The molecule has 5 N–H and O–H groups in total. The molecule has 0 aliphatic carbocycles. The molecule has 5 rings (SSSR count). The van der Waals surface area contributed by atoms with E-state index in [1.165, 1.54) is 21.2 Å². The minimum atomic E-state index is -1.04. The van der Waals surface area contributed by atoms with Crippen molar-refractivity contribution in [2.45, 2.75) is 5.40 Å². The van der Waals surface area contributed by atoms with Crippen molar-refractivity contribution in [1.82, 2.24) is 5.32 Å². The summed E-state index contributed by atoms with van der Waals surface area (Å²) in [5.74, 6) is 0.585. The normalized spacial score (nSPS) is 17.7. The topological polar surface area (TPSA) is 64.1 Å². The molecule has 1 aliphatic rings. The number of dihydropyridines is 1. The van der Waals surface area contributed by atoms with Crippen molar-refractivity contribution in [2.24, 2.45) is 11.5 Å². The number of hydrogen-bond acceptors (Lipinski definition) is 3. The minimum Gasteiger partial charge on any atom is -0.385 e. The van der Waals surface area contributed by atoms with E-state index in [2.05, 4.69) is 121 Å². The van der Waals surface area contributed by atoms with Crippen molar-refractivity contribution in [1.29, 1.82) is 0 Å². The van der Waals surface area contributed by atoms with E-state index in [0.29, 0.717) is 5.82 Å². The van der Waals surface area contributed by atoms with Crippen molar-refractivity contribution in [3.8, 4) is 0 Å². The Bertz CT molecular complexity index is 1210. The van der Waals surface area contributed by atoms with Crippen molar-refractivity contribution in [3.05, 3.63) is 145 Å². The number of rotatable bonds is 6. The van der Waals surface area contributed by atoms with Crippen molar-refractivity contribution in [2.75, 3.05) is 0 Å². The molecule has 0 spiro atoms. The highest BCUT2D eigenvalue weighted by atomic mass is 31.1. The van der Waals surface area contributed by atoms with Gasteiger partial charge in [0.25, 0.3) is 0 Å². The number of nitrogens with two attached hydrogens (primary N) is 2. The van der Waals surface area contributed by atoms with Gasteiger partial charge in [-0.3, -0.25) is 0 Å². The Morgan fingerprint density at radius 3 is 1.32 bits per heavy atom. The molecule has 34 heavy (non-hydrogen) atoms. The minimum absolute atomic E-state index is 0.585. The average Bonchev–Trinajstić information content (AvgIpc) is 2.88. The van der Waals surface area contributed by atoms with Crippen LogP contribution in [0.15, 0.2) is 145 Å². The van der Waals surface area contributed by atoms with E-state index in [-0.39, 0.29) is 0 Å². The fraction of sp³-hybridized carbons (Fsp3) is 0.0345. The third-order valence-corrected chi connectivity index (χ3v) is 11.3. The zero-order chi connectivity index (χ0) is 23.4. The lowest BCUT2D eigenvalue weighted by Gasteiger charge is -2.45. The second kappa shape index (κ2) is 9.95. The molecule has 1 unspecified atom stereocenters. The molecule has 1 aliphatic heterocycles. The molecule has 1 atom stereocenters. The van der Waals surface area contributed by atoms with Gasteiger partial charge in [-0.05, 0) is 35.2 Å². The second-order valence-corrected chi connectivity index (χ2v) is 12.7. The molecule has 4 aromatic carbocycles. The van der Waals surface area contributed by atoms with Gasteiger partial charge in [-0.1, -0.05) is 127 Å². The highest BCUT2D eigenvalue weighted by molar-refractivity contribution is 7.80. The molecular weight excluding hydrogens is 452 g/mol. The van der Waals surface area contributed by atoms with E-state index in [0.717, 1.165) is 5.31 Å². The maximum Gasteiger partial charge on any atom is 0.142 e. The van der Waals surface area contributed by atoms with Crippen LogP contribution in [0.3, 0.4) is 0 Å². The lowest BCUT2D eigenvalue weighted by Crippen LogP contribution is -2.58. The predicted octanol–water partition coefficient (Wildman–Crippen LogP) is 4.15. The van der Waals surface area contributed by atoms with Gasteiger partial charge in [0.15, 0.2) is 0 Å². The average molecular weight is 480 g/mol. The van der Waals surface area contributed by atoms with Gasteiger partial charge < -0.3 is 16.8 Å². The summed E-state index contributed by atoms with van der Waals surface area (Å²) in [6, 6.07) is 42.5. The van der Waals surface area contributed by atoms with E-state index >= 15 is 0 Å². The lowest BCUT2D eigenvalue weighted by molar-refractivity contribution is 0.611. The summed E-state index contributed by atoms with van der Waals surface area (Å²) in [7, 11) is -1.94. The molecule has 0 saturated carbocycles. The monoisotopic (exact) mass is 479 g/mol. The number of nitrogens with one attached hydrogen (secondary N) is 1. The van der Waals surface area contributed by atoms with Gasteiger partial charge in [0, 0.05) is 13.2 Å². The molecule has 3 nitrogen and oxygen atoms in total. The molecule has 0 bridgehead atoms. The maximum atomic E-state index is 7.52. The van der Waals surface area contributed by atoms with Crippen LogP contribution >= 0.6 is 15.8 Å². The van der Waals surface area contributed by atoms with Gasteiger partial charge in [0.1, 0.15) is 5.40 Å². The Hall–Kier alpha value is -3.22. The van der Waals surface area contributed by atoms with Crippen LogP contribution in [0.4, 0.5) is 0 Å². The Labute approximate surface area is 203 Å². The summed E-state index contributed by atoms with van der Waals surface area (Å²) in [6.45, 7) is 0.